The molecule has 6 heteroatoms. The van der Waals surface area contributed by atoms with Gasteiger partial charge in [0, 0.05) is 6.54 Å². The summed E-state index contributed by atoms with van der Waals surface area (Å²) < 4.78 is 25.1. The van der Waals surface area contributed by atoms with Gasteiger partial charge in [0.25, 0.3) is 0 Å². The van der Waals surface area contributed by atoms with Crippen molar-refractivity contribution in [3.63, 3.8) is 0 Å². The fraction of sp³-hybridized carbons (Fsp3) is 0.222. The van der Waals surface area contributed by atoms with E-state index in [0.29, 0.717) is 0 Å². The maximum Gasteiger partial charge on any atom is 0.218 e. The van der Waals surface area contributed by atoms with Crippen molar-refractivity contribution in [2.24, 2.45) is 5.73 Å². The molecule has 1 aromatic carbocycles. The lowest BCUT2D eigenvalue weighted by atomic mass is 10.2. The molecule has 0 aromatic heterocycles. The van der Waals surface area contributed by atoms with Crippen molar-refractivity contribution >= 4 is 27.2 Å². The van der Waals surface area contributed by atoms with Gasteiger partial charge in [0.2, 0.25) is 10.0 Å². The third-order valence-electron chi connectivity index (χ3n) is 1.67. The predicted octanol–water partition coefficient (Wildman–Crippen LogP) is 0.392. The molecule has 0 amide bonds. The van der Waals surface area contributed by atoms with E-state index in [1.807, 2.05) is 30.3 Å². The second-order valence-corrected chi connectivity index (χ2v) is 5.36. The van der Waals surface area contributed by atoms with Crippen LogP contribution in [0.2, 0.25) is 0 Å². The number of benzene rings is 1. The van der Waals surface area contributed by atoms with E-state index in [1.165, 1.54) is 0 Å². The van der Waals surface area contributed by atoms with Gasteiger partial charge in [0.15, 0.2) is 0 Å². The molecule has 4 nitrogen and oxygen atoms in total. The van der Waals surface area contributed by atoms with Gasteiger partial charge in [-0.05, 0) is 5.56 Å². The first kappa shape index (κ1) is 12.1. The Balaban J connectivity index is 2.54. The number of rotatable bonds is 5. The van der Waals surface area contributed by atoms with Gasteiger partial charge in [-0.25, -0.2) is 13.1 Å². The van der Waals surface area contributed by atoms with E-state index in [1.54, 1.807) is 0 Å². The molecule has 15 heavy (non-hydrogen) atoms. The molecule has 0 fully saturated rings. The Morgan fingerprint density at radius 3 is 2.47 bits per heavy atom. The molecule has 0 atom stereocenters. The van der Waals surface area contributed by atoms with Gasteiger partial charge >= 0.3 is 0 Å². The first-order chi connectivity index (χ1) is 6.99. The molecule has 0 aliphatic heterocycles. The van der Waals surface area contributed by atoms with Crippen LogP contribution in [0.3, 0.4) is 0 Å². The number of nitrogens with two attached hydrogens (primary N) is 1. The maximum absolute atomic E-state index is 11.3. The molecule has 0 unspecified atom stereocenters. The number of nitrogens with one attached hydrogen (secondary N) is 1. The van der Waals surface area contributed by atoms with Gasteiger partial charge in [0.05, 0.1) is 4.99 Å². The second-order valence-electron chi connectivity index (χ2n) is 3.03. The van der Waals surface area contributed by atoms with E-state index >= 15 is 0 Å². The highest BCUT2D eigenvalue weighted by molar-refractivity contribution is 7.92. The van der Waals surface area contributed by atoms with Crippen LogP contribution in [-0.4, -0.2) is 19.2 Å². The van der Waals surface area contributed by atoms with Crippen LogP contribution in [0.5, 0.6) is 0 Å². The molecule has 1 aromatic rings. The fourth-order valence-electron chi connectivity index (χ4n) is 1.03. The van der Waals surface area contributed by atoms with Crippen molar-refractivity contribution in [2.45, 2.75) is 6.54 Å². The van der Waals surface area contributed by atoms with Crippen molar-refractivity contribution in [1.29, 1.82) is 0 Å². The Labute approximate surface area is 94.5 Å². The average Bonchev–Trinajstić information content (AvgIpc) is 2.15. The molecule has 0 saturated carbocycles. The molecule has 3 N–H and O–H groups in total. The molecule has 82 valence electrons. The molecule has 0 bridgehead atoms. The van der Waals surface area contributed by atoms with E-state index < -0.39 is 10.0 Å². The summed E-state index contributed by atoms with van der Waals surface area (Å²) in [6.45, 7) is 0.256. The van der Waals surface area contributed by atoms with Crippen LogP contribution in [0.15, 0.2) is 30.3 Å². The lowest BCUT2D eigenvalue weighted by Gasteiger charge is -2.05. The monoisotopic (exact) mass is 244 g/mol. The number of hydrogen-bond donors (Lipinski definition) is 2. The first-order valence-corrected chi connectivity index (χ1v) is 6.35. The molecule has 1 rings (SSSR count). The topological polar surface area (TPSA) is 72.2 Å². The van der Waals surface area contributed by atoms with E-state index in [4.69, 9.17) is 5.73 Å². The summed E-state index contributed by atoms with van der Waals surface area (Å²) in [5.41, 5.74) is 6.05. The Kier molecular flexibility index (Phi) is 4.19. The smallest absolute Gasteiger partial charge is 0.218 e. The van der Waals surface area contributed by atoms with Crippen molar-refractivity contribution in [1.82, 2.24) is 4.72 Å². The SMILES string of the molecule is NC(=S)CS(=O)(=O)NCc1ccccc1. The summed E-state index contributed by atoms with van der Waals surface area (Å²) in [5, 5.41) is 0. The van der Waals surface area contributed by atoms with Gasteiger partial charge in [0.1, 0.15) is 5.75 Å². The van der Waals surface area contributed by atoms with Crippen molar-refractivity contribution in [3.8, 4) is 0 Å². The summed E-state index contributed by atoms with van der Waals surface area (Å²) >= 11 is 4.53. The fourth-order valence-corrected chi connectivity index (χ4v) is 2.36. The lowest BCUT2D eigenvalue weighted by molar-refractivity contribution is 0.585. The Morgan fingerprint density at radius 2 is 1.93 bits per heavy atom. The van der Waals surface area contributed by atoms with Crippen molar-refractivity contribution < 1.29 is 8.42 Å². The third-order valence-corrected chi connectivity index (χ3v) is 3.27. The van der Waals surface area contributed by atoms with Gasteiger partial charge in [-0.2, -0.15) is 0 Å². The minimum atomic E-state index is -3.40. The highest BCUT2D eigenvalue weighted by atomic mass is 32.2. The van der Waals surface area contributed by atoms with Gasteiger partial charge < -0.3 is 5.73 Å². The van der Waals surface area contributed by atoms with E-state index in [9.17, 15) is 8.42 Å². The number of hydrogen-bond acceptors (Lipinski definition) is 3. The molecule has 0 heterocycles. The Bertz CT molecular complexity index is 429. The van der Waals surface area contributed by atoms with Crippen LogP contribution < -0.4 is 10.5 Å². The highest BCUT2D eigenvalue weighted by Gasteiger charge is 2.10. The minimum absolute atomic E-state index is 0.0319. The van der Waals surface area contributed by atoms with Crippen LogP contribution in [-0.2, 0) is 16.6 Å². The zero-order valence-electron chi connectivity index (χ0n) is 8.01. The Hall–Kier alpha value is -0.980. The maximum atomic E-state index is 11.3. The van der Waals surface area contributed by atoms with Crippen LogP contribution in [0.25, 0.3) is 0 Å². The van der Waals surface area contributed by atoms with E-state index in [0.717, 1.165) is 5.56 Å². The van der Waals surface area contributed by atoms with Gasteiger partial charge in [-0.3, -0.25) is 0 Å². The highest BCUT2D eigenvalue weighted by Crippen LogP contribution is 1.98. The third kappa shape index (κ3) is 4.87. The normalized spacial score (nSPS) is 11.2. The van der Waals surface area contributed by atoms with Crippen molar-refractivity contribution in [3.05, 3.63) is 35.9 Å². The van der Waals surface area contributed by atoms with E-state index in [-0.39, 0.29) is 17.3 Å². The zero-order valence-corrected chi connectivity index (χ0v) is 9.64. The molecular weight excluding hydrogens is 232 g/mol. The van der Waals surface area contributed by atoms with Crippen LogP contribution in [0.4, 0.5) is 0 Å². The number of thiocarbonyl (C=S) groups is 1. The quantitative estimate of drug-likeness (QED) is 0.735. The average molecular weight is 244 g/mol. The zero-order chi connectivity index (χ0) is 11.3. The van der Waals surface area contributed by atoms with Crippen molar-refractivity contribution in [2.75, 3.05) is 5.75 Å². The second kappa shape index (κ2) is 5.20. The summed E-state index contributed by atoms with van der Waals surface area (Å²) in [5.74, 6) is -0.310. The molecule has 0 saturated heterocycles. The lowest BCUT2D eigenvalue weighted by Crippen LogP contribution is -2.31. The first-order valence-electron chi connectivity index (χ1n) is 4.29. The minimum Gasteiger partial charge on any atom is -0.392 e. The van der Waals surface area contributed by atoms with Crippen LogP contribution >= 0.6 is 12.2 Å². The van der Waals surface area contributed by atoms with E-state index in [2.05, 4.69) is 16.9 Å². The largest absolute Gasteiger partial charge is 0.392 e. The summed E-state index contributed by atoms with van der Waals surface area (Å²) in [7, 11) is -3.40. The molecule has 0 aliphatic carbocycles. The standard InChI is InChI=1S/C9H12N2O2S2/c10-9(14)7-15(12,13)11-6-8-4-2-1-3-5-8/h1-5,11H,6-7H2,(H2,10,14). The van der Waals surface area contributed by atoms with Crippen LogP contribution in [0.1, 0.15) is 5.56 Å². The summed E-state index contributed by atoms with van der Waals surface area (Å²) in [6.07, 6.45) is 0. The molecular formula is C9H12N2O2S2. The number of sulfonamides is 1. The molecule has 0 aliphatic rings. The summed E-state index contributed by atoms with van der Waals surface area (Å²) in [4.78, 5) is -0.0319. The Morgan fingerprint density at radius 1 is 1.33 bits per heavy atom. The van der Waals surface area contributed by atoms with Gasteiger partial charge in [-0.1, -0.05) is 42.5 Å². The molecule has 0 radical (unpaired) electrons. The molecule has 0 spiro atoms. The van der Waals surface area contributed by atoms with Gasteiger partial charge in [-0.15, -0.1) is 0 Å². The summed E-state index contributed by atoms with van der Waals surface area (Å²) in [6, 6.07) is 9.23. The predicted molar refractivity (Wildman–Crippen MR) is 63.9 cm³/mol. The van der Waals surface area contributed by atoms with Crippen LogP contribution in [0, 0.1) is 0 Å².